The number of carboxylic acids is 3. The topological polar surface area (TPSA) is 170 Å². The zero-order chi connectivity index (χ0) is 35.3. The summed E-state index contributed by atoms with van der Waals surface area (Å²) in [5.74, 6) is -8.26. The van der Waals surface area contributed by atoms with Crippen LogP contribution in [0.25, 0.3) is 0 Å². The van der Waals surface area contributed by atoms with E-state index in [0.29, 0.717) is 6.54 Å². The second kappa shape index (κ2) is 16.7. The molecule has 4 rings (SSSR count). The maximum Gasteiger partial charge on any atom is 0.490 e. The molecule has 0 bridgehead atoms. The van der Waals surface area contributed by atoms with Crippen LogP contribution in [0.3, 0.4) is 0 Å². The van der Waals surface area contributed by atoms with Crippen molar-refractivity contribution in [1.82, 2.24) is 14.9 Å². The molecule has 0 atom stereocenters. The summed E-state index contributed by atoms with van der Waals surface area (Å²) in [6.45, 7) is 3.52. The van der Waals surface area contributed by atoms with Gasteiger partial charge in [0.05, 0.1) is 29.7 Å². The van der Waals surface area contributed by atoms with E-state index in [1.807, 2.05) is 35.4 Å². The molecule has 1 spiro atoms. The molecule has 256 valence electrons. The van der Waals surface area contributed by atoms with Crippen molar-refractivity contribution in [1.29, 1.82) is 0 Å². The SMILES string of the molecule is O=C(O)C(F)(F)F.O=C(O)C(F)(F)F.O=C(O)C(F)(F)F.O=C1COC2(CCN(Cc3ccccn3)CC2)CN1c1cccnc1. The van der Waals surface area contributed by atoms with E-state index in [1.165, 1.54) is 0 Å². The van der Waals surface area contributed by atoms with E-state index in [-0.39, 0.29) is 18.1 Å². The number of aromatic nitrogens is 2. The van der Waals surface area contributed by atoms with Crippen molar-refractivity contribution in [3.05, 3.63) is 54.6 Å². The van der Waals surface area contributed by atoms with Crippen LogP contribution >= 0.6 is 0 Å². The van der Waals surface area contributed by atoms with Crippen LogP contribution in [0.2, 0.25) is 0 Å². The van der Waals surface area contributed by atoms with Crippen molar-refractivity contribution >= 4 is 29.5 Å². The number of morpholine rings is 1. The number of carbonyl (C=O) groups excluding carboxylic acids is 1. The maximum absolute atomic E-state index is 12.3. The lowest BCUT2D eigenvalue weighted by Crippen LogP contribution is -2.58. The highest BCUT2D eigenvalue weighted by atomic mass is 19.4. The third kappa shape index (κ3) is 14.1. The van der Waals surface area contributed by atoms with Crippen molar-refractivity contribution in [2.75, 3.05) is 31.1 Å². The average molecular weight is 680 g/mol. The fourth-order valence-electron chi connectivity index (χ4n) is 3.61. The summed E-state index contributed by atoms with van der Waals surface area (Å²) in [6, 6.07) is 9.81. The number of anilines is 1. The van der Waals surface area contributed by atoms with Crippen LogP contribution in [-0.2, 0) is 30.5 Å². The van der Waals surface area contributed by atoms with Gasteiger partial charge in [0.1, 0.15) is 6.61 Å². The van der Waals surface area contributed by atoms with Crippen molar-refractivity contribution in [2.24, 2.45) is 0 Å². The lowest BCUT2D eigenvalue weighted by molar-refractivity contribution is -0.193. The zero-order valence-electron chi connectivity index (χ0n) is 23.1. The number of carbonyl (C=O) groups is 4. The number of halogens is 9. The second-order valence-corrected chi connectivity index (χ2v) is 9.17. The number of piperidine rings is 1. The maximum atomic E-state index is 12.3. The number of aliphatic carboxylic acids is 3. The van der Waals surface area contributed by atoms with Crippen molar-refractivity contribution in [2.45, 2.75) is 43.5 Å². The molecule has 0 aliphatic carbocycles. The highest BCUT2D eigenvalue weighted by Gasteiger charge is 2.43. The number of pyridine rings is 2. The molecule has 2 saturated heterocycles. The molecule has 2 aromatic heterocycles. The lowest BCUT2D eigenvalue weighted by atomic mass is 9.89. The number of amides is 1. The first-order valence-electron chi connectivity index (χ1n) is 12.4. The number of carboxylic acid groups (broad SMARTS) is 3. The van der Waals surface area contributed by atoms with Gasteiger partial charge in [-0.15, -0.1) is 0 Å². The minimum atomic E-state index is -5.08. The van der Waals surface area contributed by atoms with Gasteiger partial charge in [-0.05, 0) is 37.1 Å². The van der Waals surface area contributed by atoms with E-state index in [9.17, 15) is 44.3 Å². The van der Waals surface area contributed by atoms with E-state index in [1.54, 1.807) is 12.4 Å². The van der Waals surface area contributed by atoms with Crippen LogP contribution in [0.4, 0.5) is 45.2 Å². The first-order valence-corrected chi connectivity index (χ1v) is 12.4. The molecule has 46 heavy (non-hydrogen) atoms. The van der Waals surface area contributed by atoms with Gasteiger partial charge in [-0.1, -0.05) is 6.07 Å². The van der Waals surface area contributed by atoms with Gasteiger partial charge in [-0.3, -0.25) is 19.7 Å². The van der Waals surface area contributed by atoms with Crippen molar-refractivity contribution in [3.8, 4) is 0 Å². The molecule has 12 nitrogen and oxygen atoms in total. The Balaban J connectivity index is 0.000000413. The smallest absolute Gasteiger partial charge is 0.475 e. The number of rotatable bonds is 3. The predicted octanol–water partition coefficient (Wildman–Crippen LogP) is 3.77. The number of likely N-dealkylation sites (tertiary alicyclic amines) is 1. The van der Waals surface area contributed by atoms with E-state index in [2.05, 4.69) is 20.9 Å². The highest BCUT2D eigenvalue weighted by molar-refractivity contribution is 5.95. The van der Waals surface area contributed by atoms with Gasteiger partial charge in [-0.25, -0.2) is 14.4 Å². The average Bonchev–Trinajstić information content (AvgIpc) is 2.96. The molecule has 0 radical (unpaired) electrons. The zero-order valence-corrected chi connectivity index (χ0v) is 23.1. The molecule has 1 amide bonds. The minimum Gasteiger partial charge on any atom is -0.475 e. The third-order valence-electron chi connectivity index (χ3n) is 5.81. The van der Waals surface area contributed by atoms with Gasteiger partial charge in [0.15, 0.2) is 0 Å². The van der Waals surface area contributed by atoms with Crippen molar-refractivity contribution < 1.29 is 78.7 Å². The summed E-state index contributed by atoms with van der Waals surface area (Å²) in [7, 11) is 0. The Morgan fingerprint density at radius 1 is 0.804 bits per heavy atom. The van der Waals surface area contributed by atoms with Crippen LogP contribution in [0.1, 0.15) is 18.5 Å². The van der Waals surface area contributed by atoms with E-state index in [0.717, 1.165) is 43.9 Å². The Morgan fingerprint density at radius 2 is 1.30 bits per heavy atom. The first kappa shape index (κ1) is 39.5. The molecule has 0 saturated carbocycles. The minimum absolute atomic E-state index is 0.00883. The Hall–Kier alpha value is -4.53. The van der Waals surface area contributed by atoms with Gasteiger partial charge in [0, 0.05) is 32.0 Å². The number of ether oxygens (including phenoxy) is 1. The van der Waals surface area contributed by atoms with E-state index < -0.39 is 36.4 Å². The molecule has 2 fully saturated rings. The van der Waals surface area contributed by atoms with E-state index >= 15 is 0 Å². The van der Waals surface area contributed by atoms with Crippen LogP contribution in [-0.4, -0.2) is 104 Å². The third-order valence-corrected chi connectivity index (χ3v) is 5.81. The second-order valence-electron chi connectivity index (χ2n) is 9.17. The standard InChI is InChI=1S/C19H22N4O2.3C2HF3O2/c24-18-14-25-19(15-23(18)17-5-3-8-20-12-17)6-10-22(11-7-19)13-16-4-1-2-9-21-16;3*3-2(4,5)1(6)7/h1-5,8-9,12H,6-7,10-11,13-15H2;3*(H,6,7). The molecule has 21 heteroatoms. The normalized spacial score (nSPS) is 16.5. The molecule has 2 aromatic rings. The summed E-state index contributed by atoms with van der Waals surface area (Å²) >= 11 is 0. The molecule has 2 aliphatic rings. The van der Waals surface area contributed by atoms with Crippen LogP contribution in [0.5, 0.6) is 0 Å². The summed E-state index contributed by atoms with van der Waals surface area (Å²) in [5.41, 5.74) is 1.70. The Bertz CT molecular complexity index is 1230. The Morgan fingerprint density at radius 3 is 1.70 bits per heavy atom. The number of alkyl halides is 9. The summed E-state index contributed by atoms with van der Waals surface area (Å²) in [6.07, 6.45) is -8.11. The summed E-state index contributed by atoms with van der Waals surface area (Å²) < 4.78 is 101. The van der Waals surface area contributed by atoms with Gasteiger partial charge in [0.25, 0.3) is 5.91 Å². The van der Waals surface area contributed by atoms with E-state index in [4.69, 9.17) is 34.4 Å². The van der Waals surface area contributed by atoms with Gasteiger partial charge < -0.3 is 25.0 Å². The molecule has 0 aromatic carbocycles. The van der Waals surface area contributed by atoms with Gasteiger partial charge in [-0.2, -0.15) is 39.5 Å². The van der Waals surface area contributed by atoms with Crippen LogP contribution < -0.4 is 4.90 Å². The first-order chi connectivity index (χ1) is 21.1. The monoisotopic (exact) mass is 680 g/mol. The summed E-state index contributed by atoms with van der Waals surface area (Å²) in [5, 5.41) is 21.4. The summed E-state index contributed by atoms with van der Waals surface area (Å²) in [4.78, 5) is 51.7. The molecule has 2 aliphatic heterocycles. The molecule has 4 heterocycles. The molecular weight excluding hydrogens is 655 g/mol. The number of hydrogen-bond acceptors (Lipinski definition) is 8. The molecule has 3 N–H and O–H groups in total. The van der Waals surface area contributed by atoms with Gasteiger partial charge in [0.2, 0.25) is 0 Å². The fraction of sp³-hybridized carbons (Fsp3) is 0.440. The van der Waals surface area contributed by atoms with Crippen LogP contribution in [0.15, 0.2) is 48.9 Å². The number of hydrogen-bond donors (Lipinski definition) is 3. The Labute approximate surface area is 253 Å². The fourth-order valence-corrected chi connectivity index (χ4v) is 3.61. The molecular formula is C25H25F9N4O8. The number of nitrogens with zero attached hydrogens (tertiary/aromatic N) is 4. The van der Waals surface area contributed by atoms with Crippen LogP contribution in [0, 0.1) is 0 Å². The predicted molar refractivity (Wildman–Crippen MR) is 135 cm³/mol. The van der Waals surface area contributed by atoms with Gasteiger partial charge >= 0.3 is 36.4 Å². The molecule has 0 unspecified atom stereocenters. The lowest BCUT2D eigenvalue weighted by Gasteiger charge is -2.46. The van der Waals surface area contributed by atoms with Crippen molar-refractivity contribution in [3.63, 3.8) is 0 Å². The highest BCUT2D eigenvalue weighted by Crippen LogP contribution is 2.33. The quantitative estimate of drug-likeness (QED) is 0.404. The largest absolute Gasteiger partial charge is 0.490 e. The Kier molecular flexibility index (Phi) is 14.3.